The van der Waals surface area contributed by atoms with Crippen LogP contribution in [0.1, 0.15) is 41.4 Å². The van der Waals surface area contributed by atoms with E-state index in [-0.39, 0.29) is 17.9 Å². The molecule has 1 aromatic rings. The highest BCUT2D eigenvalue weighted by Gasteiger charge is 2.32. The Morgan fingerprint density at radius 3 is 3.00 bits per heavy atom. The Balaban J connectivity index is 1.98. The lowest BCUT2D eigenvalue weighted by molar-refractivity contribution is 0.0894. The molecule has 1 aliphatic carbocycles. The maximum atomic E-state index is 12.0. The number of carbonyl (C=O) groups is 1. The van der Waals surface area contributed by atoms with E-state index in [2.05, 4.69) is 24.1 Å². The molecule has 18 heavy (non-hydrogen) atoms. The van der Waals surface area contributed by atoms with Crippen molar-refractivity contribution in [2.24, 2.45) is 5.41 Å². The third kappa shape index (κ3) is 2.92. The minimum atomic E-state index is -0.186. The Bertz CT molecular complexity index is 491. The van der Waals surface area contributed by atoms with Crippen LogP contribution in [-0.2, 0) is 0 Å². The maximum absolute atomic E-state index is 12.0. The van der Waals surface area contributed by atoms with E-state index in [0.29, 0.717) is 10.4 Å². The first-order valence-electron chi connectivity index (χ1n) is 6.10. The monoisotopic (exact) mass is 263 g/mol. The smallest absolute Gasteiger partial charge is 0.262 e. The van der Waals surface area contributed by atoms with Crippen molar-refractivity contribution in [3.8, 4) is 11.8 Å². The summed E-state index contributed by atoms with van der Waals surface area (Å²) in [5.41, 5.74) is 0.981. The first kappa shape index (κ1) is 13.1. The average molecular weight is 263 g/mol. The molecule has 0 atom stereocenters. The normalized spacial score (nSPS) is 16.3. The van der Waals surface area contributed by atoms with Gasteiger partial charge < -0.3 is 10.4 Å². The molecule has 0 aromatic carbocycles. The minimum absolute atomic E-state index is 0.0552. The number of nitrogens with one attached hydrogen (secondary N) is 1. The molecule has 1 saturated carbocycles. The lowest BCUT2D eigenvalue weighted by Gasteiger charge is -2.38. The summed E-state index contributed by atoms with van der Waals surface area (Å²) in [5, 5.41) is 13.5. The molecule has 1 aliphatic rings. The molecule has 1 aromatic heterocycles. The van der Waals surface area contributed by atoms with E-state index >= 15 is 0 Å². The Kier molecular flexibility index (Phi) is 4.05. The zero-order chi connectivity index (χ0) is 13.0. The lowest BCUT2D eigenvalue weighted by atomic mass is 9.70. The van der Waals surface area contributed by atoms with Crippen LogP contribution >= 0.6 is 11.3 Å². The van der Waals surface area contributed by atoms with Gasteiger partial charge in [0.25, 0.3) is 5.91 Å². The molecule has 0 saturated heterocycles. The van der Waals surface area contributed by atoms with Crippen LogP contribution in [-0.4, -0.2) is 24.2 Å². The molecule has 3 nitrogen and oxygen atoms in total. The maximum Gasteiger partial charge on any atom is 0.262 e. The van der Waals surface area contributed by atoms with Gasteiger partial charge >= 0.3 is 0 Å². The van der Waals surface area contributed by atoms with Gasteiger partial charge in [0.1, 0.15) is 11.5 Å². The van der Waals surface area contributed by atoms with Crippen molar-refractivity contribution >= 4 is 17.2 Å². The molecule has 1 amide bonds. The van der Waals surface area contributed by atoms with Crippen LogP contribution in [0.15, 0.2) is 11.4 Å². The Morgan fingerprint density at radius 1 is 1.61 bits per heavy atom. The number of thiophene rings is 1. The predicted molar refractivity (Wildman–Crippen MR) is 72.6 cm³/mol. The number of hydrogen-bond donors (Lipinski definition) is 2. The highest BCUT2D eigenvalue weighted by atomic mass is 32.1. The Hall–Kier alpha value is -1.31. The van der Waals surface area contributed by atoms with E-state index < -0.39 is 0 Å². The molecule has 1 fully saturated rings. The van der Waals surface area contributed by atoms with Gasteiger partial charge in [-0.25, -0.2) is 0 Å². The standard InChI is InChI=1S/C14H17NO2S/c1-14(6-3-7-14)10-15-13(17)12-11(4-2-8-16)5-9-18-12/h5,9,16H,3,6-8,10H2,1H3,(H,15,17). The fraction of sp³-hybridized carbons (Fsp3) is 0.500. The van der Waals surface area contributed by atoms with Crippen LogP contribution in [0.4, 0.5) is 0 Å². The first-order valence-corrected chi connectivity index (χ1v) is 6.98. The summed E-state index contributed by atoms with van der Waals surface area (Å²) in [6.45, 7) is 2.75. The Labute approximate surface area is 111 Å². The summed E-state index contributed by atoms with van der Waals surface area (Å²) >= 11 is 1.39. The molecule has 4 heteroatoms. The lowest BCUT2D eigenvalue weighted by Crippen LogP contribution is -2.39. The summed E-state index contributed by atoms with van der Waals surface area (Å²) in [5.74, 6) is 5.32. The average Bonchev–Trinajstić information content (AvgIpc) is 2.79. The van der Waals surface area contributed by atoms with Crippen LogP contribution in [0.5, 0.6) is 0 Å². The number of amides is 1. The van der Waals surface area contributed by atoms with E-state index in [1.54, 1.807) is 0 Å². The van der Waals surface area contributed by atoms with Crippen molar-refractivity contribution in [2.45, 2.75) is 26.2 Å². The van der Waals surface area contributed by atoms with Crippen molar-refractivity contribution in [2.75, 3.05) is 13.2 Å². The number of hydrogen-bond acceptors (Lipinski definition) is 3. The van der Waals surface area contributed by atoms with Gasteiger partial charge in [0.2, 0.25) is 0 Å². The molecule has 0 spiro atoms. The second-order valence-corrected chi connectivity index (χ2v) is 5.89. The van der Waals surface area contributed by atoms with Crippen LogP contribution < -0.4 is 5.32 Å². The number of rotatable bonds is 3. The molecule has 2 N–H and O–H groups in total. The molecule has 0 bridgehead atoms. The van der Waals surface area contributed by atoms with Gasteiger partial charge in [0.15, 0.2) is 0 Å². The second kappa shape index (κ2) is 5.55. The number of aliphatic hydroxyl groups excluding tert-OH is 1. The van der Waals surface area contributed by atoms with Crippen molar-refractivity contribution in [3.05, 3.63) is 21.9 Å². The molecule has 0 unspecified atom stereocenters. The van der Waals surface area contributed by atoms with E-state index in [0.717, 1.165) is 6.54 Å². The number of carbonyl (C=O) groups excluding carboxylic acids is 1. The molecule has 96 valence electrons. The van der Waals surface area contributed by atoms with Gasteiger partial charge in [-0.3, -0.25) is 4.79 Å². The van der Waals surface area contributed by atoms with Gasteiger partial charge in [-0.15, -0.1) is 11.3 Å². The summed E-state index contributed by atoms with van der Waals surface area (Å²) in [6, 6.07) is 1.81. The summed E-state index contributed by atoms with van der Waals surface area (Å²) in [6.07, 6.45) is 3.64. The van der Waals surface area contributed by atoms with Crippen LogP contribution in [0.2, 0.25) is 0 Å². The quantitative estimate of drug-likeness (QED) is 0.820. The van der Waals surface area contributed by atoms with Crippen LogP contribution in [0.3, 0.4) is 0 Å². The molecular formula is C14H17NO2S. The van der Waals surface area contributed by atoms with Crippen LogP contribution in [0, 0.1) is 17.3 Å². The second-order valence-electron chi connectivity index (χ2n) is 4.97. The van der Waals surface area contributed by atoms with Crippen molar-refractivity contribution in [1.29, 1.82) is 0 Å². The summed E-state index contributed by atoms with van der Waals surface area (Å²) < 4.78 is 0. The van der Waals surface area contributed by atoms with Gasteiger partial charge in [0, 0.05) is 12.1 Å². The fourth-order valence-corrected chi connectivity index (χ4v) is 2.81. The highest BCUT2D eigenvalue weighted by molar-refractivity contribution is 7.12. The molecule has 2 rings (SSSR count). The van der Waals surface area contributed by atoms with Gasteiger partial charge in [0.05, 0.1) is 0 Å². The molecule has 0 radical (unpaired) electrons. The van der Waals surface area contributed by atoms with Crippen molar-refractivity contribution in [3.63, 3.8) is 0 Å². The minimum Gasteiger partial charge on any atom is -0.384 e. The summed E-state index contributed by atoms with van der Waals surface area (Å²) in [7, 11) is 0. The van der Waals surface area contributed by atoms with E-state index in [1.165, 1.54) is 30.6 Å². The van der Waals surface area contributed by atoms with E-state index in [4.69, 9.17) is 5.11 Å². The third-order valence-electron chi connectivity index (χ3n) is 3.41. The van der Waals surface area contributed by atoms with Crippen molar-refractivity contribution in [1.82, 2.24) is 5.32 Å². The Morgan fingerprint density at radius 2 is 2.39 bits per heavy atom. The largest absolute Gasteiger partial charge is 0.384 e. The topological polar surface area (TPSA) is 49.3 Å². The molecular weight excluding hydrogens is 246 g/mol. The zero-order valence-corrected chi connectivity index (χ0v) is 11.3. The van der Waals surface area contributed by atoms with E-state index in [1.807, 2.05) is 11.4 Å². The number of aliphatic hydroxyl groups is 1. The van der Waals surface area contributed by atoms with E-state index in [9.17, 15) is 4.79 Å². The predicted octanol–water partition coefficient (Wildman–Crippen LogP) is 2.01. The van der Waals surface area contributed by atoms with Gasteiger partial charge in [-0.2, -0.15) is 0 Å². The SMILES string of the molecule is CC1(CNC(=O)c2sccc2C#CCO)CCC1. The fourth-order valence-electron chi connectivity index (χ4n) is 2.05. The summed E-state index contributed by atoms with van der Waals surface area (Å²) in [4.78, 5) is 12.7. The zero-order valence-electron chi connectivity index (χ0n) is 10.5. The van der Waals surface area contributed by atoms with Gasteiger partial charge in [-0.1, -0.05) is 25.2 Å². The first-order chi connectivity index (χ1) is 8.64. The molecule has 1 heterocycles. The highest BCUT2D eigenvalue weighted by Crippen LogP contribution is 2.39. The molecule has 0 aliphatic heterocycles. The van der Waals surface area contributed by atoms with Crippen LogP contribution in [0.25, 0.3) is 0 Å². The van der Waals surface area contributed by atoms with Crippen molar-refractivity contribution < 1.29 is 9.90 Å². The third-order valence-corrected chi connectivity index (χ3v) is 4.32. The van der Waals surface area contributed by atoms with Gasteiger partial charge in [-0.05, 0) is 29.7 Å².